The number of carbonyl (C=O) groups excluding carboxylic acids is 2. The van der Waals surface area contributed by atoms with Gasteiger partial charge in [0, 0.05) is 5.02 Å². The number of likely N-dealkylation sites (tertiary alicyclic amines) is 1. The summed E-state index contributed by atoms with van der Waals surface area (Å²) in [5.74, 6) is 0.877. The van der Waals surface area contributed by atoms with Crippen molar-refractivity contribution in [2.75, 3.05) is 0 Å². The average molecular weight is 290 g/mol. The third-order valence-electron chi connectivity index (χ3n) is 5.31. The first-order valence-electron chi connectivity index (χ1n) is 7.25. The number of hydrogen-bond donors (Lipinski definition) is 0. The van der Waals surface area contributed by atoms with Gasteiger partial charge in [0.05, 0.1) is 18.4 Å². The molecule has 1 heterocycles. The lowest BCUT2D eigenvalue weighted by molar-refractivity contribution is -0.141. The van der Waals surface area contributed by atoms with Crippen molar-refractivity contribution < 1.29 is 9.59 Å². The Labute approximate surface area is 122 Å². The van der Waals surface area contributed by atoms with E-state index in [1.165, 1.54) is 4.90 Å². The molecule has 1 aromatic rings. The SMILES string of the molecule is O=C1C2C3CCC(C3)C2C(=O)N1Cc1ccccc1Cl. The third-order valence-corrected chi connectivity index (χ3v) is 5.67. The largest absolute Gasteiger partial charge is 0.278 e. The Morgan fingerprint density at radius 1 is 1.05 bits per heavy atom. The van der Waals surface area contributed by atoms with E-state index in [1.54, 1.807) is 6.07 Å². The lowest BCUT2D eigenvalue weighted by Crippen LogP contribution is -2.32. The highest BCUT2D eigenvalue weighted by Gasteiger charge is 2.60. The fourth-order valence-corrected chi connectivity index (χ4v) is 4.62. The van der Waals surface area contributed by atoms with Crippen molar-refractivity contribution in [3.05, 3.63) is 34.9 Å². The molecule has 104 valence electrons. The predicted molar refractivity (Wildman–Crippen MR) is 74.8 cm³/mol. The smallest absolute Gasteiger partial charge is 0.233 e. The van der Waals surface area contributed by atoms with Crippen LogP contribution in [0.2, 0.25) is 5.02 Å². The van der Waals surface area contributed by atoms with Crippen molar-refractivity contribution in [2.24, 2.45) is 23.7 Å². The number of imide groups is 1. The zero-order chi connectivity index (χ0) is 13.9. The van der Waals surface area contributed by atoms with Crippen molar-refractivity contribution in [1.29, 1.82) is 0 Å². The van der Waals surface area contributed by atoms with Gasteiger partial charge in [0.1, 0.15) is 0 Å². The number of rotatable bonds is 2. The first-order valence-corrected chi connectivity index (χ1v) is 7.63. The van der Waals surface area contributed by atoms with E-state index < -0.39 is 0 Å². The molecule has 2 bridgehead atoms. The maximum absolute atomic E-state index is 12.6. The fraction of sp³-hybridized carbons (Fsp3) is 0.500. The van der Waals surface area contributed by atoms with Crippen molar-refractivity contribution in [3.63, 3.8) is 0 Å². The van der Waals surface area contributed by atoms with Crippen molar-refractivity contribution in [2.45, 2.75) is 25.8 Å². The maximum Gasteiger partial charge on any atom is 0.233 e. The molecule has 4 unspecified atom stereocenters. The van der Waals surface area contributed by atoms with Gasteiger partial charge in [-0.25, -0.2) is 0 Å². The number of fused-ring (bicyclic) bond motifs is 5. The summed E-state index contributed by atoms with van der Waals surface area (Å²) in [5, 5.41) is 0.619. The van der Waals surface area contributed by atoms with Gasteiger partial charge >= 0.3 is 0 Å². The molecule has 2 amide bonds. The molecule has 1 saturated heterocycles. The number of halogens is 1. The topological polar surface area (TPSA) is 37.4 Å². The second kappa shape index (κ2) is 4.32. The number of hydrogen-bond acceptors (Lipinski definition) is 2. The number of benzene rings is 1. The van der Waals surface area contributed by atoms with Gasteiger partial charge in [0.25, 0.3) is 0 Å². The molecule has 0 radical (unpaired) electrons. The molecular formula is C16H16ClNO2. The lowest BCUT2D eigenvalue weighted by Gasteiger charge is -2.19. The maximum atomic E-state index is 12.6. The van der Waals surface area contributed by atoms with Crippen LogP contribution < -0.4 is 0 Å². The molecule has 2 saturated carbocycles. The Balaban J connectivity index is 1.63. The van der Waals surface area contributed by atoms with E-state index >= 15 is 0 Å². The highest BCUT2D eigenvalue weighted by Crippen LogP contribution is 2.56. The zero-order valence-corrected chi connectivity index (χ0v) is 11.8. The summed E-state index contributed by atoms with van der Waals surface area (Å²) in [6.07, 6.45) is 3.31. The summed E-state index contributed by atoms with van der Waals surface area (Å²) in [4.78, 5) is 26.6. The molecular weight excluding hydrogens is 274 g/mol. The standard InChI is InChI=1S/C16H16ClNO2/c17-12-4-2-1-3-11(12)8-18-15(19)13-9-5-6-10(7-9)14(13)16(18)20/h1-4,9-10,13-14H,5-8H2. The Morgan fingerprint density at radius 2 is 1.65 bits per heavy atom. The summed E-state index contributed by atoms with van der Waals surface area (Å²) in [5.41, 5.74) is 0.850. The highest BCUT2D eigenvalue weighted by atomic mass is 35.5. The van der Waals surface area contributed by atoms with E-state index in [4.69, 9.17) is 11.6 Å². The minimum absolute atomic E-state index is 0.0344. The first kappa shape index (κ1) is 12.4. The molecule has 4 heteroatoms. The van der Waals surface area contributed by atoms with Crippen LogP contribution in [0.3, 0.4) is 0 Å². The van der Waals surface area contributed by atoms with E-state index in [0.29, 0.717) is 23.4 Å². The van der Waals surface area contributed by atoms with Crippen LogP contribution in [0.15, 0.2) is 24.3 Å². The molecule has 1 aromatic carbocycles. The number of amides is 2. The summed E-state index contributed by atoms with van der Waals surface area (Å²) in [6, 6.07) is 7.42. The number of carbonyl (C=O) groups is 2. The first-order chi connectivity index (χ1) is 9.66. The normalized spacial score (nSPS) is 35.0. The van der Waals surface area contributed by atoms with Crippen LogP contribution in [0.4, 0.5) is 0 Å². The quantitative estimate of drug-likeness (QED) is 0.785. The molecule has 2 aliphatic carbocycles. The molecule has 4 rings (SSSR count). The molecule has 3 aliphatic rings. The Bertz CT molecular complexity index is 572. The zero-order valence-electron chi connectivity index (χ0n) is 11.1. The average Bonchev–Trinajstić information content (AvgIpc) is 3.10. The monoisotopic (exact) mass is 289 g/mol. The summed E-state index contributed by atoms with van der Waals surface area (Å²) in [7, 11) is 0. The summed E-state index contributed by atoms with van der Waals surface area (Å²) >= 11 is 6.14. The van der Waals surface area contributed by atoms with Gasteiger partial charge < -0.3 is 0 Å². The minimum Gasteiger partial charge on any atom is -0.278 e. The van der Waals surface area contributed by atoms with Crippen LogP contribution >= 0.6 is 11.6 Å². The second-order valence-corrected chi connectivity index (χ2v) is 6.65. The van der Waals surface area contributed by atoms with Gasteiger partial charge in [-0.15, -0.1) is 0 Å². The Hall–Kier alpha value is -1.35. The molecule has 20 heavy (non-hydrogen) atoms. The molecule has 0 aromatic heterocycles. The number of nitrogens with zero attached hydrogens (tertiary/aromatic N) is 1. The van der Waals surface area contributed by atoms with Gasteiger partial charge in [0.15, 0.2) is 0 Å². The van der Waals surface area contributed by atoms with E-state index in [9.17, 15) is 9.59 Å². The van der Waals surface area contributed by atoms with Gasteiger partial charge in [-0.05, 0) is 42.7 Å². The Kier molecular flexibility index (Phi) is 2.68. The molecule has 0 N–H and O–H groups in total. The minimum atomic E-state index is -0.0382. The van der Waals surface area contributed by atoms with E-state index in [2.05, 4.69) is 0 Å². The van der Waals surface area contributed by atoms with Crippen LogP contribution in [0.1, 0.15) is 24.8 Å². The fourth-order valence-electron chi connectivity index (χ4n) is 4.42. The lowest BCUT2D eigenvalue weighted by atomic mass is 9.81. The van der Waals surface area contributed by atoms with E-state index in [1.807, 2.05) is 18.2 Å². The second-order valence-electron chi connectivity index (χ2n) is 6.24. The molecule has 3 nitrogen and oxygen atoms in total. The molecule has 1 aliphatic heterocycles. The Morgan fingerprint density at radius 3 is 2.25 bits per heavy atom. The van der Waals surface area contributed by atoms with Crippen LogP contribution in [0, 0.1) is 23.7 Å². The van der Waals surface area contributed by atoms with Gasteiger partial charge in [-0.3, -0.25) is 14.5 Å². The van der Waals surface area contributed by atoms with Crippen molar-refractivity contribution in [3.8, 4) is 0 Å². The van der Waals surface area contributed by atoms with Gasteiger partial charge in [-0.2, -0.15) is 0 Å². The predicted octanol–water partition coefficient (Wildman–Crippen LogP) is 2.87. The van der Waals surface area contributed by atoms with E-state index in [-0.39, 0.29) is 23.7 Å². The van der Waals surface area contributed by atoms with Crippen LogP contribution in [0.5, 0.6) is 0 Å². The molecule has 3 fully saturated rings. The molecule has 0 spiro atoms. The third kappa shape index (κ3) is 1.59. The van der Waals surface area contributed by atoms with E-state index in [0.717, 1.165) is 24.8 Å². The van der Waals surface area contributed by atoms with Gasteiger partial charge in [-0.1, -0.05) is 29.8 Å². The molecule has 4 atom stereocenters. The van der Waals surface area contributed by atoms with Crippen LogP contribution in [-0.4, -0.2) is 16.7 Å². The van der Waals surface area contributed by atoms with Crippen LogP contribution in [-0.2, 0) is 16.1 Å². The summed E-state index contributed by atoms with van der Waals surface area (Å²) in [6.45, 7) is 0.323. The van der Waals surface area contributed by atoms with Crippen molar-refractivity contribution in [1.82, 2.24) is 4.90 Å². The summed E-state index contributed by atoms with van der Waals surface area (Å²) < 4.78 is 0. The van der Waals surface area contributed by atoms with Gasteiger partial charge in [0.2, 0.25) is 11.8 Å². The van der Waals surface area contributed by atoms with Crippen LogP contribution in [0.25, 0.3) is 0 Å². The highest BCUT2D eigenvalue weighted by molar-refractivity contribution is 6.31. The van der Waals surface area contributed by atoms with Crippen molar-refractivity contribution >= 4 is 23.4 Å².